The number of rotatable bonds is 7. The highest BCUT2D eigenvalue weighted by atomic mass is 32.1. The monoisotopic (exact) mass is 413 g/mol. The number of anilines is 1. The Balaban J connectivity index is 2.01. The molecule has 0 saturated carbocycles. The maximum Gasteiger partial charge on any atom is 0.471 e. The molecule has 0 saturated heterocycles. The average Bonchev–Trinajstić information content (AvgIpc) is 3.07. The van der Waals surface area contributed by atoms with Crippen LogP contribution in [0.25, 0.3) is 0 Å². The van der Waals surface area contributed by atoms with Crippen molar-refractivity contribution in [3.63, 3.8) is 0 Å². The molecule has 2 amide bonds. The van der Waals surface area contributed by atoms with Crippen molar-refractivity contribution >= 4 is 28.8 Å². The van der Waals surface area contributed by atoms with Gasteiger partial charge in [0.15, 0.2) is 0 Å². The number of carbonyl (C=O) groups excluding carboxylic acids is 2. The normalized spacial score (nSPS) is 11.5. The van der Waals surface area contributed by atoms with E-state index in [2.05, 4.69) is 10.3 Å². The first-order valence-corrected chi connectivity index (χ1v) is 9.67. The average molecular weight is 413 g/mol. The smallest absolute Gasteiger partial charge is 0.331 e. The van der Waals surface area contributed by atoms with Gasteiger partial charge in [-0.1, -0.05) is 26.0 Å². The maximum absolute atomic E-state index is 12.6. The van der Waals surface area contributed by atoms with Crippen molar-refractivity contribution in [2.75, 3.05) is 11.9 Å². The van der Waals surface area contributed by atoms with Crippen molar-refractivity contribution in [3.8, 4) is 0 Å². The van der Waals surface area contributed by atoms with E-state index in [0.717, 1.165) is 5.01 Å². The minimum atomic E-state index is -4.91. The van der Waals surface area contributed by atoms with Crippen molar-refractivity contribution in [3.05, 3.63) is 45.9 Å². The van der Waals surface area contributed by atoms with Crippen LogP contribution < -0.4 is 5.32 Å². The minimum absolute atomic E-state index is 0.0725. The Labute approximate surface area is 165 Å². The molecule has 0 atom stereocenters. The summed E-state index contributed by atoms with van der Waals surface area (Å²) in [6.45, 7) is 5.27. The van der Waals surface area contributed by atoms with Gasteiger partial charge in [0, 0.05) is 30.1 Å². The van der Waals surface area contributed by atoms with Gasteiger partial charge in [0.25, 0.3) is 0 Å². The molecule has 0 bridgehead atoms. The fourth-order valence-corrected chi connectivity index (χ4v) is 3.35. The molecule has 2 rings (SSSR count). The number of benzene rings is 1. The van der Waals surface area contributed by atoms with Crippen molar-refractivity contribution in [2.24, 2.45) is 0 Å². The quantitative estimate of drug-likeness (QED) is 0.734. The standard InChI is InChI=1S/C19H22F3N3O2S/c1-4-25(18(27)19(20,21)22)10-13-6-5-7-14(8-13)23-16(26)9-15-11-28-17(24-15)12(2)3/h5-8,11-12H,4,9-10H2,1-3H3,(H,23,26). The highest BCUT2D eigenvalue weighted by Crippen LogP contribution is 2.22. The number of alkyl halides is 3. The van der Waals surface area contributed by atoms with E-state index in [1.807, 2.05) is 19.2 Å². The van der Waals surface area contributed by atoms with E-state index in [0.29, 0.717) is 27.8 Å². The van der Waals surface area contributed by atoms with Gasteiger partial charge in [-0.3, -0.25) is 9.59 Å². The summed E-state index contributed by atoms with van der Waals surface area (Å²) in [5.74, 6) is -1.86. The van der Waals surface area contributed by atoms with Crippen molar-refractivity contribution in [1.29, 1.82) is 0 Å². The molecule has 0 unspecified atom stereocenters. The zero-order valence-corrected chi connectivity index (χ0v) is 16.7. The summed E-state index contributed by atoms with van der Waals surface area (Å²) < 4.78 is 37.9. The molecule has 5 nitrogen and oxygen atoms in total. The Morgan fingerprint density at radius 1 is 1.29 bits per heavy atom. The molecule has 0 aliphatic carbocycles. The fourth-order valence-electron chi connectivity index (χ4n) is 2.51. The molecule has 0 aliphatic rings. The summed E-state index contributed by atoms with van der Waals surface area (Å²) in [6, 6.07) is 6.43. The number of aromatic nitrogens is 1. The van der Waals surface area contributed by atoms with Crippen LogP contribution in [-0.4, -0.2) is 34.4 Å². The van der Waals surface area contributed by atoms with Crippen LogP contribution in [0.1, 0.15) is 43.0 Å². The van der Waals surface area contributed by atoms with E-state index in [1.165, 1.54) is 18.3 Å². The summed E-state index contributed by atoms with van der Waals surface area (Å²) >= 11 is 1.50. The van der Waals surface area contributed by atoms with Gasteiger partial charge < -0.3 is 10.2 Å². The third-order valence-corrected chi connectivity index (χ3v) is 5.09. The molecule has 9 heteroatoms. The number of hydrogen-bond donors (Lipinski definition) is 1. The first-order valence-electron chi connectivity index (χ1n) is 8.79. The summed E-state index contributed by atoms with van der Waals surface area (Å²) in [5, 5.41) is 5.52. The van der Waals surface area contributed by atoms with Crippen LogP contribution in [0.15, 0.2) is 29.6 Å². The van der Waals surface area contributed by atoms with Gasteiger partial charge in [0.2, 0.25) is 5.91 Å². The van der Waals surface area contributed by atoms with Crippen molar-refractivity contribution in [1.82, 2.24) is 9.88 Å². The molecule has 28 heavy (non-hydrogen) atoms. The number of thiazole rings is 1. The molecule has 1 heterocycles. The predicted molar refractivity (Wildman–Crippen MR) is 102 cm³/mol. The molecule has 0 spiro atoms. The van der Waals surface area contributed by atoms with Gasteiger partial charge in [0.05, 0.1) is 17.1 Å². The fraction of sp³-hybridized carbons (Fsp3) is 0.421. The highest BCUT2D eigenvalue weighted by Gasteiger charge is 2.41. The van der Waals surface area contributed by atoms with Crippen LogP contribution in [0.2, 0.25) is 0 Å². The Bertz CT molecular complexity index is 834. The van der Waals surface area contributed by atoms with Gasteiger partial charge >= 0.3 is 12.1 Å². The Morgan fingerprint density at radius 3 is 2.57 bits per heavy atom. The van der Waals surface area contributed by atoms with Crippen molar-refractivity contribution in [2.45, 2.75) is 45.8 Å². The minimum Gasteiger partial charge on any atom is -0.331 e. The third kappa shape index (κ3) is 6.05. The van der Waals surface area contributed by atoms with Gasteiger partial charge in [-0.15, -0.1) is 11.3 Å². The van der Waals surface area contributed by atoms with Crippen LogP contribution in [0.4, 0.5) is 18.9 Å². The molecule has 0 radical (unpaired) electrons. The lowest BCUT2D eigenvalue weighted by Gasteiger charge is -2.22. The molecular weight excluding hydrogens is 391 g/mol. The molecule has 0 fully saturated rings. The van der Waals surface area contributed by atoms with Gasteiger partial charge in [-0.2, -0.15) is 13.2 Å². The van der Waals surface area contributed by atoms with E-state index < -0.39 is 12.1 Å². The van der Waals surface area contributed by atoms with Crippen LogP contribution >= 0.6 is 11.3 Å². The molecule has 1 aromatic heterocycles. The van der Waals surface area contributed by atoms with E-state index in [1.54, 1.807) is 24.3 Å². The largest absolute Gasteiger partial charge is 0.471 e. The number of amides is 2. The summed E-state index contributed by atoms with van der Waals surface area (Å²) in [4.78, 5) is 28.8. The molecule has 1 aromatic carbocycles. The lowest BCUT2D eigenvalue weighted by atomic mass is 10.1. The molecule has 152 valence electrons. The van der Waals surface area contributed by atoms with E-state index >= 15 is 0 Å². The van der Waals surface area contributed by atoms with Crippen LogP contribution in [0.3, 0.4) is 0 Å². The number of nitrogens with one attached hydrogen (secondary N) is 1. The van der Waals surface area contributed by atoms with Crippen LogP contribution in [-0.2, 0) is 22.6 Å². The van der Waals surface area contributed by atoms with Crippen LogP contribution in [0, 0.1) is 0 Å². The number of nitrogens with zero attached hydrogens (tertiary/aromatic N) is 2. The summed E-state index contributed by atoms with van der Waals surface area (Å²) in [5.41, 5.74) is 1.63. The number of hydrogen-bond acceptors (Lipinski definition) is 4. The topological polar surface area (TPSA) is 62.3 Å². The maximum atomic E-state index is 12.6. The molecular formula is C19H22F3N3O2S. The predicted octanol–water partition coefficient (Wildman–Crippen LogP) is 4.36. The summed E-state index contributed by atoms with van der Waals surface area (Å²) in [7, 11) is 0. The summed E-state index contributed by atoms with van der Waals surface area (Å²) in [6.07, 6.45) is -4.80. The molecule has 0 aliphatic heterocycles. The second-order valence-corrected chi connectivity index (χ2v) is 7.46. The third-order valence-electron chi connectivity index (χ3n) is 3.90. The zero-order valence-electron chi connectivity index (χ0n) is 15.8. The Morgan fingerprint density at radius 2 is 2.00 bits per heavy atom. The van der Waals surface area contributed by atoms with E-state index in [-0.39, 0.29) is 25.4 Å². The zero-order chi connectivity index (χ0) is 20.9. The van der Waals surface area contributed by atoms with Gasteiger partial charge in [0.1, 0.15) is 0 Å². The van der Waals surface area contributed by atoms with Crippen molar-refractivity contribution < 1.29 is 22.8 Å². The first kappa shape index (κ1) is 21.9. The van der Waals surface area contributed by atoms with Crippen LogP contribution in [0.5, 0.6) is 0 Å². The lowest BCUT2D eigenvalue weighted by molar-refractivity contribution is -0.185. The van der Waals surface area contributed by atoms with E-state index in [4.69, 9.17) is 0 Å². The molecule has 1 N–H and O–H groups in total. The van der Waals surface area contributed by atoms with E-state index in [9.17, 15) is 22.8 Å². The Kier molecular flexibility index (Phi) is 7.17. The SMILES string of the molecule is CCN(Cc1cccc(NC(=O)Cc2csc(C(C)C)n2)c1)C(=O)C(F)(F)F. The number of carbonyl (C=O) groups is 2. The van der Waals surface area contributed by atoms with Gasteiger partial charge in [-0.05, 0) is 24.6 Å². The Hall–Kier alpha value is -2.42. The van der Waals surface area contributed by atoms with Gasteiger partial charge in [-0.25, -0.2) is 4.98 Å². The first-order chi connectivity index (χ1) is 13.1. The second kappa shape index (κ2) is 9.18. The number of halogens is 3. The lowest BCUT2D eigenvalue weighted by Crippen LogP contribution is -2.40. The molecule has 2 aromatic rings. The second-order valence-electron chi connectivity index (χ2n) is 6.57. The highest BCUT2D eigenvalue weighted by molar-refractivity contribution is 7.09.